The van der Waals surface area contributed by atoms with Gasteiger partial charge in [0, 0.05) is 10.8 Å². The molecule has 8 rings (SSSR count). The summed E-state index contributed by atoms with van der Waals surface area (Å²) in [6.45, 7) is 2.20. The Morgan fingerprint density at radius 3 is 2.33 bits per heavy atom. The number of nitrogens with zero attached hydrogens (tertiary/aromatic N) is 3. The quantitative estimate of drug-likeness (QED) is 0.221. The summed E-state index contributed by atoms with van der Waals surface area (Å²) in [6, 6.07) is 41.2. The minimum absolute atomic E-state index is 0.828. The minimum Gasteiger partial charge on any atom is -0.443 e. The molecule has 4 nitrogen and oxygen atoms in total. The fourth-order valence-electron chi connectivity index (χ4n) is 6.11. The molecule has 6 aromatic carbocycles. The zero-order valence-corrected chi connectivity index (χ0v) is 22.3. The molecular weight excluding hydrogens is 490 g/mol. The summed E-state index contributed by atoms with van der Waals surface area (Å²) in [5, 5.41) is 4.69. The first kappa shape index (κ1) is 22.7. The van der Waals surface area contributed by atoms with Crippen LogP contribution in [0.5, 0.6) is 0 Å². The first-order valence-corrected chi connectivity index (χ1v) is 13.5. The molecular formula is C36H26N3O+. The third-order valence-electron chi connectivity index (χ3n) is 8.13. The SMILES string of the molecule is Cc1ccc(-c2ccc3ccc4ncoc4c3c2)cc1-c1n(-c2ccccc2)c2c3ccccc3ccc2[n+]1C. The Kier molecular flexibility index (Phi) is 4.92. The van der Waals surface area contributed by atoms with Crippen LogP contribution in [-0.2, 0) is 7.05 Å². The van der Waals surface area contributed by atoms with Gasteiger partial charge in [0.25, 0.3) is 5.82 Å². The van der Waals surface area contributed by atoms with Crippen molar-refractivity contribution in [3.8, 4) is 28.2 Å². The molecule has 40 heavy (non-hydrogen) atoms. The van der Waals surface area contributed by atoms with Crippen LogP contribution in [0.2, 0.25) is 0 Å². The molecule has 0 fully saturated rings. The Morgan fingerprint density at radius 2 is 1.43 bits per heavy atom. The van der Waals surface area contributed by atoms with E-state index in [4.69, 9.17) is 4.42 Å². The second-order valence-electron chi connectivity index (χ2n) is 10.4. The molecule has 0 saturated carbocycles. The molecule has 190 valence electrons. The van der Waals surface area contributed by atoms with Crippen molar-refractivity contribution < 1.29 is 8.98 Å². The Labute approximate surface area is 231 Å². The molecule has 2 heterocycles. The Hall–Kier alpha value is -5.22. The zero-order chi connectivity index (χ0) is 26.8. The average molecular weight is 517 g/mol. The zero-order valence-electron chi connectivity index (χ0n) is 22.3. The van der Waals surface area contributed by atoms with Gasteiger partial charge in [-0.3, -0.25) is 0 Å². The van der Waals surface area contributed by atoms with Gasteiger partial charge in [-0.25, -0.2) is 9.55 Å². The lowest BCUT2D eigenvalue weighted by atomic mass is 9.97. The molecule has 0 aliphatic rings. The van der Waals surface area contributed by atoms with Crippen molar-refractivity contribution in [3.05, 3.63) is 127 Å². The maximum absolute atomic E-state index is 5.77. The van der Waals surface area contributed by atoms with Crippen molar-refractivity contribution in [2.75, 3.05) is 0 Å². The van der Waals surface area contributed by atoms with E-state index in [2.05, 4.69) is 137 Å². The van der Waals surface area contributed by atoms with Gasteiger partial charge in [-0.1, -0.05) is 66.7 Å². The third-order valence-corrected chi connectivity index (χ3v) is 8.13. The highest BCUT2D eigenvalue weighted by Gasteiger charge is 2.28. The fraction of sp³-hybridized carbons (Fsp3) is 0.0556. The van der Waals surface area contributed by atoms with Gasteiger partial charge in [-0.05, 0) is 82.9 Å². The van der Waals surface area contributed by atoms with Crippen LogP contribution in [0.25, 0.3) is 71.9 Å². The van der Waals surface area contributed by atoms with Crippen LogP contribution >= 0.6 is 0 Å². The number of imidazole rings is 1. The predicted molar refractivity (Wildman–Crippen MR) is 163 cm³/mol. The average Bonchev–Trinajstić information content (AvgIpc) is 3.61. The molecule has 0 bridgehead atoms. The maximum atomic E-state index is 5.77. The normalized spacial score (nSPS) is 11.8. The summed E-state index contributed by atoms with van der Waals surface area (Å²) in [4.78, 5) is 4.35. The van der Waals surface area contributed by atoms with Crippen LogP contribution in [-0.4, -0.2) is 9.55 Å². The molecule has 0 aliphatic carbocycles. The lowest BCUT2D eigenvalue weighted by Crippen LogP contribution is -2.30. The first-order chi connectivity index (χ1) is 19.7. The molecule has 0 N–H and O–H groups in total. The van der Waals surface area contributed by atoms with Gasteiger partial charge in [0.15, 0.2) is 23.0 Å². The summed E-state index contributed by atoms with van der Waals surface area (Å²) in [7, 11) is 2.18. The summed E-state index contributed by atoms with van der Waals surface area (Å²) in [5.41, 5.74) is 9.98. The van der Waals surface area contributed by atoms with Gasteiger partial charge < -0.3 is 4.42 Å². The molecule has 0 saturated heterocycles. The molecule has 0 amide bonds. The van der Waals surface area contributed by atoms with Crippen LogP contribution in [0.3, 0.4) is 0 Å². The Bertz CT molecular complexity index is 2240. The van der Waals surface area contributed by atoms with Crippen molar-refractivity contribution in [3.63, 3.8) is 0 Å². The van der Waals surface area contributed by atoms with E-state index in [1.165, 1.54) is 39.3 Å². The number of benzene rings is 6. The predicted octanol–water partition coefficient (Wildman–Crippen LogP) is 8.55. The van der Waals surface area contributed by atoms with Crippen molar-refractivity contribution in [1.82, 2.24) is 9.55 Å². The van der Waals surface area contributed by atoms with E-state index >= 15 is 0 Å². The van der Waals surface area contributed by atoms with Crippen LogP contribution < -0.4 is 4.57 Å². The van der Waals surface area contributed by atoms with Crippen LogP contribution in [0.4, 0.5) is 0 Å². The number of rotatable bonds is 3. The summed E-state index contributed by atoms with van der Waals surface area (Å²) in [6.07, 6.45) is 1.52. The number of hydrogen-bond donors (Lipinski definition) is 0. The second kappa shape index (κ2) is 8.65. The van der Waals surface area contributed by atoms with Crippen LogP contribution in [0.15, 0.2) is 126 Å². The van der Waals surface area contributed by atoms with Crippen molar-refractivity contribution in [2.24, 2.45) is 7.05 Å². The van der Waals surface area contributed by atoms with Crippen LogP contribution in [0, 0.1) is 6.92 Å². The van der Waals surface area contributed by atoms with Gasteiger partial charge in [-0.2, -0.15) is 4.57 Å². The van der Waals surface area contributed by atoms with Crippen molar-refractivity contribution >= 4 is 43.7 Å². The van der Waals surface area contributed by atoms with Crippen LogP contribution in [0.1, 0.15) is 5.56 Å². The molecule has 2 aromatic heterocycles. The molecule has 0 radical (unpaired) electrons. The highest BCUT2D eigenvalue weighted by molar-refractivity contribution is 6.06. The molecule has 4 heteroatoms. The number of para-hydroxylation sites is 1. The fourth-order valence-corrected chi connectivity index (χ4v) is 6.11. The second-order valence-corrected chi connectivity index (χ2v) is 10.4. The number of hydrogen-bond acceptors (Lipinski definition) is 2. The number of oxazole rings is 1. The van der Waals surface area contributed by atoms with E-state index in [-0.39, 0.29) is 0 Å². The lowest BCUT2D eigenvalue weighted by molar-refractivity contribution is -0.633. The number of aromatic nitrogens is 3. The summed E-state index contributed by atoms with van der Waals surface area (Å²) >= 11 is 0. The van der Waals surface area contributed by atoms with Gasteiger partial charge in [0.05, 0.1) is 12.6 Å². The van der Waals surface area contributed by atoms with E-state index in [1.807, 2.05) is 6.07 Å². The monoisotopic (exact) mass is 516 g/mol. The molecule has 0 atom stereocenters. The summed E-state index contributed by atoms with van der Waals surface area (Å²) < 4.78 is 10.5. The van der Waals surface area contributed by atoms with Gasteiger partial charge in [-0.15, -0.1) is 0 Å². The molecule has 0 unspecified atom stereocenters. The van der Waals surface area contributed by atoms with E-state index in [9.17, 15) is 0 Å². The molecule has 8 aromatic rings. The number of aryl methyl sites for hydroxylation is 2. The van der Waals surface area contributed by atoms with E-state index in [1.54, 1.807) is 0 Å². The lowest BCUT2D eigenvalue weighted by Gasteiger charge is -2.10. The third kappa shape index (κ3) is 3.33. The maximum Gasteiger partial charge on any atom is 0.295 e. The highest BCUT2D eigenvalue weighted by atomic mass is 16.3. The van der Waals surface area contributed by atoms with E-state index < -0.39 is 0 Å². The van der Waals surface area contributed by atoms with E-state index in [0.717, 1.165) is 44.5 Å². The smallest absolute Gasteiger partial charge is 0.295 e. The topological polar surface area (TPSA) is 34.8 Å². The largest absolute Gasteiger partial charge is 0.443 e. The van der Waals surface area contributed by atoms with Gasteiger partial charge in [0.1, 0.15) is 11.2 Å². The highest BCUT2D eigenvalue weighted by Crippen LogP contribution is 2.36. The number of fused-ring (bicyclic) bond motifs is 6. The van der Waals surface area contributed by atoms with Gasteiger partial charge >= 0.3 is 0 Å². The van der Waals surface area contributed by atoms with Crippen molar-refractivity contribution in [2.45, 2.75) is 6.92 Å². The summed E-state index contributed by atoms with van der Waals surface area (Å²) in [5.74, 6) is 1.15. The van der Waals surface area contributed by atoms with Gasteiger partial charge in [0.2, 0.25) is 0 Å². The Balaban J connectivity index is 1.42. The van der Waals surface area contributed by atoms with E-state index in [0.29, 0.717) is 0 Å². The molecule has 0 spiro atoms. The minimum atomic E-state index is 0.828. The van der Waals surface area contributed by atoms with Crippen molar-refractivity contribution in [1.29, 1.82) is 0 Å². The standard InChI is InChI=1S/C36H26N3O/c1-23-12-13-26(27-15-14-25-16-18-32-35(31(25)21-27)40-22-37-32)20-30(23)36-38(2)33-19-17-24-8-6-7-11-29(24)34(33)39(36)28-9-4-3-5-10-28/h3-22H,1-2H3/q+1. The first-order valence-electron chi connectivity index (χ1n) is 13.5. The Morgan fingerprint density at radius 1 is 0.700 bits per heavy atom. The molecule has 0 aliphatic heterocycles.